The predicted octanol–water partition coefficient (Wildman–Crippen LogP) is 2.70. The van der Waals surface area contributed by atoms with Crippen molar-refractivity contribution in [2.24, 2.45) is 0 Å². The molecule has 28 heavy (non-hydrogen) atoms. The van der Waals surface area contributed by atoms with Gasteiger partial charge in [0.1, 0.15) is 0 Å². The minimum absolute atomic E-state index is 0.0688. The lowest BCUT2D eigenvalue weighted by atomic mass is 10.1. The first-order chi connectivity index (χ1) is 13.4. The van der Waals surface area contributed by atoms with Gasteiger partial charge in [0.05, 0.1) is 10.6 Å². The Labute approximate surface area is 160 Å². The number of nitrogens with one attached hydrogen (secondary N) is 2. The second kappa shape index (κ2) is 7.70. The maximum atomic E-state index is 12.5. The zero-order valence-electron chi connectivity index (χ0n) is 15.2. The molecule has 0 fully saturated rings. The molecule has 2 N–H and O–H groups in total. The molecule has 0 spiro atoms. The first-order valence-corrected chi connectivity index (χ1v) is 8.33. The van der Waals surface area contributed by atoms with Crippen molar-refractivity contribution in [1.29, 1.82) is 0 Å². The fraction of sp³-hybridized carbons (Fsp3) is 0.105. The third kappa shape index (κ3) is 3.88. The van der Waals surface area contributed by atoms with E-state index in [1.54, 1.807) is 36.5 Å². The van der Waals surface area contributed by atoms with Crippen LogP contribution in [0, 0.1) is 17.0 Å². The van der Waals surface area contributed by atoms with Gasteiger partial charge in [-0.3, -0.25) is 19.7 Å². The summed E-state index contributed by atoms with van der Waals surface area (Å²) >= 11 is 0. The van der Waals surface area contributed by atoms with Crippen LogP contribution in [0.5, 0.6) is 0 Å². The van der Waals surface area contributed by atoms with Crippen molar-refractivity contribution in [3.63, 3.8) is 0 Å². The molecule has 0 saturated heterocycles. The molecule has 3 aromatic rings. The number of nitrogens with zero attached hydrogens (tertiary/aromatic N) is 3. The van der Waals surface area contributed by atoms with E-state index in [0.717, 1.165) is 5.56 Å². The highest BCUT2D eigenvalue weighted by Crippen LogP contribution is 2.19. The summed E-state index contributed by atoms with van der Waals surface area (Å²) in [5.41, 5.74) is 2.24. The summed E-state index contributed by atoms with van der Waals surface area (Å²) in [4.78, 5) is 34.7. The van der Waals surface area contributed by atoms with Gasteiger partial charge in [-0.25, -0.2) is 4.68 Å². The van der Waals surface area contributed by atoms with Crippen molar-refractivity contribution in [2.75, 3.05) is 12.4 Å². The molecule has 9 heteroatoms. The standard InChI is InChI=1S/C19H17N5O4/c1-12-6-7-13(18(25)20-2)10-17(12)21-19(26)16-8-9-23(22-16)14-4-3-5-15(11-14)24(27)28/h3-11H,1-2H3,(H,20,25)(H,21,26). The number of nitro benzene ring substituents is 1. The third-order valence-corrected chi connectivity index (χ3v) is 4.10. The lowest BCUT2D eigenvalue weighted by molar-refractivity contribution is -0.384. The van der Waals surface area contributed by atoms with E-state index in [1.807, 2.05) is 6.92 Å². The smallest absolute Gasteiger partial charge is 0.276 e. The Morgan fingerprint density at radius 1 is 1.11 bits per heavy atom. The number of hydrogen-bond acceptors (Lipinski definition) is 5. The molecule has 2 amide bonds. The van der Waals surface area contributed by atoms with Crippen LogP contribution in [0.4, 0.5) is 11.4 Å². The summed E-state index contributed by atoms with van der Waals surface area (Å²) in [5.74, 6) is -0.716. The van der Waals surface area contributed by atoms with Gasteiger partial charge in [0, 0.05) is 36.6 Å². The van der Waals surface area contributed by atoms with Crippen LogP contribution in [0.1, 0.15) is 26.4 Å². The first-order valence-electron chi connectivity index (χ1n) is 8.33. The highest BCUT2D eigenvalue weighted by molar-refractivity contribution is 6.04. The van der Waals surface area contributed by atoms with Crippen LogP contribution in [0.2, 0.25) is 0 Å². The summed E-state index contributed by atoms with van der Waals surface area (Å²) in [5, 5.41) is 20.4. The number of carbonyl (C=O) groups excluding carboxylic acids is 2. The van der Waals surface area contributed by atoms with E-state index in [1.165, 1.54) is 29.9 Å². The Morgan fingerprint density at radius 3 is 2.61 bits per heavy atom. The van der Waals surface area contributed by atoms with E-state index in [2.05, 4.69) is 15.7 Å². The molecule has 1 aromatic heterocycles. The Bertz CT molecular complexity index is 1070. The van der Waals surface area contributed by atoms with Crippen LogP contribution < -0.4 is 10.6 Å². The molecule has 0 radical (unpaired) electrons. The minimum atomic E-state index is -0.497. The van der Waals surface area contributed by atoms with Gasteiger partial charge in [-0.1, -0.05) is 12.1 Å². The van der Waals surface area contributed by atoms with Crippen LogP contribution in [0.25, 0.3) is 5.69 Å². The van der Waals surface area contributed by atoms with Gasteiger partial charge < -0.3 is 10.6 Å². The summed E-state index contributed by atoms with van der Waals surface area (Å²) in [6.45, 7) is 1.81. The molecule has 0 saturated carbocycles. The average Bonchev–Trinajstić information content (AvgIpc) is 3.19. The molecule has 0 bridgehead atoms. The monoisotopic (exact) mass is 379 g/mol. The van der Waals surface area contributed by atoms with Crippen molar-refractivity contribution in [1.82, 2.24) is 15.1 Å². The highest BCUT2D eigenvalue weighted by atomic mass is 16.6. The van der Waals surface area contributed by atoms with Crippen molar-refractivity contribution < 1.29 is 14.5 Å². The molecule has 0 atom stereocenters. The summed E-state index contributed by atoms with van der Waals surface area (Å²) in [6, 6.07) is 12.4. The molecule has 142 valence electrons. The number of nitro groups is 1. The summed E-state index contributed by atoms with van der Waals surface area (Å²) < 4.78 is 1.38. The SMILES string of the molecule is CNC(=O)c1ccc(C)c(NC(=O)c2ccn(-c3cccc([N+](=O)[O-])c3)n2)c1. The largest absolute Gasteiger partial charge is 0.355 e. The molecule has 0 aliphatic rings. The number of benzene rings is 2. The Kier molecular flexibility index (Phi) is 5.16. The molecule has 1 heterocycles. The molecule has 0 aliphatic heterocycles. The predicted molar refractivity (Wildman–Crippen MR) is 103 cm³/mol. The topological polar surface area (TPSA) is 119 Å². The maximum absolute atomic E-state index is 12.5. The molecular weight excluding hydrogens is 362 g/mol. The second-order valence-corrected chi connectivity index (χ2v) is 5.99. The fourth-order valence-corrected chi connectivity index (χ4v) is 2.57. The third-order valence-electron chi connectivity index (χ3n) is 4.10. The summed E-state index contributed by atoms with van der Waals surface area (Å²) in [6.07, 6.45) is 1.54. The summed E-state index contributed by atoms with van der Waals surface area (Å²) in [7, 11) is 1.53. The van der Waals surface area contributed by atoms with Crippen molar-refractivity contribution in [2.45, 2.75) is 6.92 Å². The van der Waals surface area contributed by atoms with Crippen LogP contribution in [-0.2, 0) is 0 Å². The molecular formula is C19H17N5O4. The zero-order valence-corrected chi connectivity index (χ0v) is 15.2. The average molecular weight is 379 g/mol. The van der Waals surface area contributed by atoms with Gasteiger partial charge in [0.2, 0.25) is 0 Å². The van der Waals surface area contributed by atoms with Crippen molar-refractivity contribution in [3.05, 3.63) is 81.7 Å². The Balaban J connectivity index is 1.83. The van der Waals surface area contributed by atoms with E-state index in [4.69, 9.17) is 0 Å². The molecule has 0 aliphatic carbocycles. The quantitative estimate of drug-likeness (QED) is 0.522. The van der Waals surface area contributed by atoms with Crippen molar-refractivity contribution >= 4 is 23.2 Å². The van der Waals surface area contributed by atoms with E-state index in [0.29, 0.717) is 16.9 Å². The fourth-order valence-electron chi connectivity index (χ4n) is 2.57. The van der Waals surface area contributed by atoms with E-state index in [9.17, 15) is 19.7 Å². The molecule has 9 nitrogen and oxygen atoms in total. The lowest BCUT2D eigenvalue weighted by Crippen LogP contribution is -2.19. The van der Waals surface area contributed by atoms with Gasteiger partial charge in [-0.2, -0.15) is 5.10 Å². The normalized spacial score (nSPS) is 10.4. The van der Waals surface area contributed by atoms with Gasteiger partial charge in [-0.15, -0.1) is 0 Å². The van der Waals surface area contributed by atoms with E-state index < -0.39 is 10.8 Å². The van der Waals surface area contributed by atoms with Crippen LogP contribution >= 0.6 is 0 Å². The number of anilines is 1. The van der Waals surface area contributed by atoms with Crippen molar-refractivity contribution in [3.8, 4) is 5.69 Å². The lowest BCUT2D eigenvalue weighted by Gasteiger charge is -2.09. The van der Waals surface area contributed by atoms with Crippen LogP contribution in [0.3, 0.4) is 0 Å². The first kappa shape index (κ1) is 18.8. The number of non-ortho nitro benzene ring substituents is 1. The highest BCUT2D eigenvalue weighted by Gasteiger charge is 2.14. The number of amides is 2. The number of rotatable bonds is 5. The van der Waals surface area contributed by atoms with Crippen LogP contribution in [-0.4, -0.2) is 33.6 Å². The van der Waals surface area contributed by atoms with Gasteiger partial charge >= 0.3 is 0 Å². The number of hydrogen-bond donors (Lipinski definition) is 2. The van der Waals surface area contributed by atoms with Gasteiger partial charge in [-0.05, 0) is 36.8 Å². The molecule has 2 aromatic carbocycles. The second-order valence-electron chi connectivity index (χ2n) is 5.99. The minimum Gasteiger partial charge on any atom is -0.355 e. The maximum Gasteiger partial charge on any atom is 0.276 e. The van der Waals surface area contributed by atoms with Gasteiger partial charge in [0.25, 0.3) is 17.5 Å². The van der Waals surface area contributed by atoms with Gasteiger partial charge in [0.15, 0.2) is 5.69 Å². The number of carbonyl (C=O) groups is 2. The Morgan fingerprint density at radius 2 is 1.89 bits per heavy atom. The number of aromatic nitrogens is 2. The molecule has 3 rings (SSSR count). The Hall–Kier alpha value is -4.01. The van der Waals surface area contributed by atoms with E-state index in [-0.39, 0.29) is 17.3 Å². The van der Waals surface area contributed by atoms with Crippen LogP contribution in [0.15, 0.2) is 54.7 Å². The number of aryl methyl sites for hydroxylation is 1. The van der Waals surface area contributed by atoms with E-state index >= 15 is 0 Å². The molecule has 0 unspecified atom stereocenters. The zero-order chi connectivity index (χ0) is 20.3.